The lowest BCUT2D eigenvalue weighted by molar-refractivity contribution is 0.978. The molecule has 0 unspecified atom stereocenters. The fourth-order valence-corrected chi connectivity index (χ4v) is 2.53. The van der Waals surface area contributed by atoms with Crippen LogP contribution in [0.1, 0.15) is 29.3 Å². The van der Waals surface area contributed by atoms with E-state index in [4.69, 9.17) is 6.92 Å². The fraction of sp³-hybridized carbons (Fsp3) is 0.250. The standard InChI is InChI=1S/C12H10N2S/c1-8-3-2-4-10(7-8)12-14-13-11(15-12)9-5-6-9/h1-4,7,9H,5-6H2. The number of benzene rings is 1. The van der Waals surface area contributed by atoms with Gasteiger partial charge < -0.3 is 0 Å². The van der Waals surface area contributed by atoms with Crippen LogP contribution in [0.3, 0.4) is 0 Å². The van der Waals surface area contributed by atoms with Gasteiger partial charge in [0.1, 0.15) is 10.0 Å². The summed E-state index contributed by atoms with van der Waals surface area (Å²) in [6.07, 6.45) is 2.54. The van der Waals surface area contributed by atoms with Crippen molar-refractivity contribution in [3.63, 3.8) is 0 Å². The second-order valence-corrected chi connectivity index (χ2v) is 4.85. The maximum absolute atomic E-state index is 5.73. The van der Waals surface area contributed by atoms with Crippen LogP contribution in [0.15, 0.2) is 24.3 Å². The van der Waals surface area contributed by atoms with Crippen molar-refractivity contribution >= 4 is 11.3 Å². The van der Waals surface area contributed by atoms with Crippen LogP contribution in [0.2, 0.25) is 0 Å². The van der Waals surface area contributed by atoms with E-state index in [1.54, 1.807) is 11.3 Å². The average Bonchev–Trinajstić information content (AvgIpc) is 2.97. The zero-order chi connectivity index (χ0) is 10.3. The molecule has 0 aliphatic heterocycles. The van der Waals surface area contributed by atoms with Crippen LogP contribution in [0, 0.1) is 6.92 Å². The lowest BCUT2D eigenvalue weighted by Gasteiger charge is -1.95. The molecule has 1 saturated carbocycles. The quantitative estimate of drug-likeness (QED) is 0.767. The number of hydrogen-bond acceptors (Lipinski definition) is 3. The van der Waals surface area contributed by atoms with Crippen molar-refractivity contribution in [2.24, 2.45) is 0 Å². The van der Waals surface area contributed by atoms with Gasteiger partial charge in [0, 0.05) is 11.5 Å². The van der Waals surface area contributed by atoms with E-state index in [1.165, 1.54) is 17.8 Å². The minimum absolute atomic E-state index is 0.678. The minimum atomic E-state index is 0.678. The molecule has 15 heavy (non-hydrogen) atoms. The number of rotatable bonds is 2. The molecule has 74 valence electrons. The van der Waals surface area contributed by atoms with Gasteiger partial charge >= 0.3 is 0 Å². The third-order valence-corrected chi connectivity index (χ3v) is 3.64. The topological polar surface area (TPSA) is 25.8 Å². The maximum atomic E-state index is 5.73. The maximum Gasteiger partial charge on any atom is 0.147 e. The van der Waals surface area contributed by atoms with Gasteiger partial charge in [-0.15, -0.1) is 10.2 Å². The Morgan fingerprint density at radius 1 is 1.27 bits per heavy atom. The van der Waals surface area contributed by atoms with Crippen molar-refractivity contribution in [3.8, 4) is 10.6 Å². The van der Waals surface area contributed by atoms with Gasteiger partial charge in [-0.2, -0.15) is 0 Å². The van der Waals surface area contributed by atoms with Crippen LogP contribution in [-0.4, -0.2) is 10.2 Å². The summed E-state index contributed by atoms with van der Waals surface area (Å²) >= 11 is 1.69. The molecular formula is C12H10N2S. The van der Waals surface area contributed by atoms with Crippen LogP contribution >= 0.6 is 11.3 Å². The molecule has 0 atom stereocenters. The summed E-state index contributed by atoms with van der Waals surface area (Å²) in [5, 5.41) is 10.6. The highest BCUT2D eigenvalue weighted by Crippen LogP contribution is 2.42. The van der Waals surface area contributed by atoms with Gasteiger partial charge in [-0.05, 0) is 31.4 Å². The second-order valence-electron chi connectivity index (χ2n) is 3.85. The Morgan fingerprint density at radius 3 is 2.87 bits per heavy atom. The highest BCUT2D eigenvalue weighted by molar-refractivity contribution is 7.14. The first-order valence-corrected chi connectivity index (χ1v) is 5.84. The molecule has 0 N–H and O–H groups in total. The van der Waals surface area contributed by atoms with Gasteiger partial charge in [0.2, 0.25) is 0 Å². The molecule has 1 aliphatic rings. The molecule has 1 heterocycles. The first kappa shape index (κ1) is 9.04. The van der Waals surface area contributed by atoms with E-state index >= 15 is 0 Å². The normalized spacial score (nSPS) is 15.5. The van der Waals surface area contributed by atoms with E-state index in [0.717, 1.165) is 16.1 Å². The van der Waals surface area contributed by atoms with Gasteiger partial charge in [0.25, 0.3) is 0 Å². The first-order chi connectivity index (χ1) is 7.33. The van der Waals surface area contributed by atoms with Crippen LogP contribution in [0.4, 0.5) is 0 Å². The molecule has 2 radical (unpaired) electrons. The van der Waals surface area contributed by atoms with Gasteiger partial charge in [-0.25, -0.2) is 0 Å². The first-order valence-electron chi connectivity index (χ1n) is 5.02. The van der Waals surface area contributed by atoms with Crippen LogP contribution in [0.25, 0.3) is 10.6 Å². The van der Waals surface area contributed by atoms with Gasteiger partial charge in [0.05, 0.1) is 0 Å². The van der Waals surface area contributed by atoms with Crippen LogP contribution in [0.5, 0.6) is 0 Å². The Kier molecular flexibility index (Phi) is 2.06. The van der Waals surface area contributed by atoms with Gasteiger partial charge in [-0.1, -0.05) is 29.5 Å². The summed E-state index contributed by atoms with van der Waals surface area (Å²) < 4.78 is 0. The van der Waals surface area contributed by atoms with Gasteiger partial charge in [0.15, 0.2) is 0 Å². The largest absolute Gasteiger partial charge is 0.147 e. The van der Waals surface area contributed by atoms with E-state index < -0.39 is 0 Å². The summed E-state index contributed by atoms with van der Waals surface area (Å²) in [7, 11) is 0. The number of hydrogen-bond donors (Lipinski definition) is 0. The van der Waals surface area contributed by atoms with E-state index in [2.05, 4.69) is 10.2 Å². The van der Waals surface area contributed by atoms with Gasteiger partial charge in [-0.3, -0.25) is 0 Å². The third kappa shape index (κ3) is 1.79. The Balaban J connectivity index is 1.97. The van der Waals surface area contributed by atoms with Crippen molar-refractivity contribution in [3.05, 3.63) is 41.8 Å². The smallest absolute Gasteiger partial charge is 0.143 e. The zero-order valence-corrected chi connectivity index (χ0v) is 9.00. The Labute approximate surface area is 93.0 Å². The van der Waals surface area contributed by atoms with Crippen LogP contribution < -0.4 is 0 Å². The lowest BCUT2D eigenvalue weighted by Crippen LogP contribution is -1.78. The predicted octanol–water partition coefficient (Wildman–Crippen LogP) is 3.14. The highest BCUT2D eigenvalue weighted by atomic mass is 32.1. The molecule has 3 rings (SSSR count). The fourth-order valence-electron chi connectivity index (χ4n) is 1.52. The molecule has 2 nitrogen and oxygen atoms in total. The van der Waals surface area contributed by atoms with Crippen LogP contribution in [-0.2, 0) is 0 Å². The molecule has 0 bridgehead atoms. The zero-order valence-electron chi connectivity index (χ0n) is 8.18. The molecule has 3 heteroatoms. The Hall–Kier alpha value is -1.22. The van der Waals surface area contributed by atoms with E-state index in [9.17, 15) is 0 Å². The summed E-state index contributed by atoms with van der Waals surface area (Å²) in [6.45, 7) is 5.73. The predicted molar refractivity (Wildman–Crippen MR) is 60.7 cm³/mol. The van der Waals surface area contributed by atoms with E-state index in [1.807, 2.05) is 24.3 Å². The van der Waals surface area contributed by atoms with Crippen molar-refractivity contribution in [1.82, 2.24) is 10.2 Å². The second kappa shape index (κ2) is 3.42. The van der Waals surface area contributed by atoms with Crippen molar-refractivity contribution in [1.29, 1.82) is 0 Å². The van der Waals surface area contributed by atoms with Crippen molar-refractivity contribution < 1.29 is 0 Å². The average molecular weight is 214 g/mol. The monoisotopic (exact) mass is 214 g/mol. The molecule has 0 saturated heterocycles. The van der Waals surface area contributed by atoms with E-state index in [-0.39, 0.29) is 0 Å². The summed E-state index contributed by atoms with van der Waals surface area (Å²) in [4.78, 5) is 0. The molecule has 0 amide bonds. The molecule has 1 aromatic heterocycles. The highest BCUT2D eigenvalue weighted by Gasteiger charge is 2.27. The molecule has 1 fully saturated rings. The minimum Gasteiger partial charge on any atom is -0.143 e. The van der Waals surface area contributed by atoms with E-state index in [0.29, 0.717) is 5.92 Å². The van der Waals surface area contributed by atoms with Crippen molar-refractivity contribution in [2.45, 2.75) is 18.8 Å². The Morgan fingerprint density at radius 2 is 2.13 bits per heavy atom. The number of nitrogens with zero attached hydrogens (tertiary/aromatic N) is 2. The molecule has 0 spiro atoms. The SMILES string of the molecule is [CH]c1cccc(-c2nnc(C3CC3)s2)c1. The summed E-state index contributed by atoms with van der Waals surface area (Å²) in [5.41, 5.74) is 1.84. The Bertz CT molecular complexity index is 486. The van der Waals surface area contributed by atoms with Crippen molar-refractivity contribution in [2.75, 3.05) is 0 Å². The molecule has 1 aromatic carbocycles. The number of aromatic nitrogens is 2. The molecular weight excluding hydrogens is 204 g/mol. The molecule has 1 aliphatic carbocycles. The molecule has 2 aromatic rings. The lowest BCUT2D eigenvalue weighted by atomic mass is 10.1. The third-order valence-electron chi connectivity index (χ3n) is 2.50. The summed E-state index contributed by atoms with van der Waals surface area (Å²) in [6, 6.07) is 7.79. The summed E-state index contributed by atoms with van der Waals surface area (Å²) in [5.74, 6) is 0.678.